The number of fused-ring (bicyclic) bond motifs is 1. The monoisotopic (exact) mass is 294 g/mol. The first kappa shape index (κ1) is 14.7. The SMILES string of the molecule is CC(C)(C)C(O)CNC(=O)c1ccc2[nH]c(=S)oc2c1. The summed E-state index contributed by atoms with van der Waals surface area (Å²) in [5.74, 6) is -0.252. The van der Waals surface area contributed by atoms with E-state index in [4.69, 9.17) is 16.6 Å². The number of aliphatic hydroxyl groups excluding tert-OH is 1. The Morgan fingerprint density at radius 1 is 1.50 bits per heavy atom. The Balaban J connectivity index is 2.09. The fourth-order valence-electron chi connectivity index (χ4n) is 1.68. The first-order chi connectivity index (χ1) is 9.27. The predicted octanol–water partition coefficient (Wildman–Crippen LogP) is 2.63. The van der Waals surface area contributed by atoms with E-state index < -0.39 is 6.10 Å². The maximum Gasteiger partial charge on any atom is 0.266 e. The maximum atomic E-state index is 12.0. The Labute approximate surface area is 122 Å². The Kier molecular flexibility index (Phi) is 3.96. The molecule has 0 saturated heterocycles. The number of nitrogens with one attached hydrogen (secondary N) is 2. The molecule has 0 aliphatic carbocycles. The van der Waals surface area contributed by atoms with Gasteiger partial charge >= 0.3 is 0 Å². The highest BCUT2D eigenvalue weighted by molar-refractivity contribution is 7.71. The quantitative estimate of drug-likeness (QED) is 0.760. The lowest BCUT2D eigenvalue weighted by molar-refractivity contribution is 0.0587. The molecule has 1 amide bonds. The number of amides is 1. The average molecular weight is 294 g/mol. The molecule has 1 aromatic heterocycles. The van der Waals surface area contributed by atoms with E-state index in [-0.39, 0.29) is 22.7 Å². The molecule has 0 aliphatic heterocycles. The van der Waals surface area contributed by atoms with Gasteiger partial charge in [0.2, 0.25) is 0 Å². The molecule has 0 radical (unpaired) electrons. The first-order valence-corrected chi connectivity index (χ1v) is 6.77. The van der Waals surface area contributed by atoms with E-state index in [1.54, 1.807) is 18.2 Å². The van der Waals surface area contributed by atoms with Gasteiger partial charge in [-0.25, -0.2) is 0 Å². The third-order valence-electron chi connectivity index (χ3n) is 3.14. The fraction of sp³-hybridized carbons (Fsp3) is 0.429. The number of oxazole rings is 1. The van der Waals surface area contributed by atoms with Crippen molar-refractivity contribution in [3.63, 3.8) is 0 Å². The second kappa shape index (κ2) is 5.38. The van der Waals surface area contributed by atoms with Crippen molar-refractivity contribution >= 4 is 29.2 Å². The van der Waals surface area contributed by atoms with Crippen molar-refractivity contribution in [3.8, 4) is 0 Å². The Morgan fingerprint density at radius 3 is 2.85 bits per heavy atom. The first-order valence-electron chi connectivity index (χ1n) is 6.36. The zero-order chi connectivity index (χ0) is 14.9. The molecule has 3 N–H and O–H groups in total. The molecule has 0 bridgehead atoms. The van der Waals surface area contributed by atoms with E-state index in [2.05, 4.69) is 10.3 Å². The van der Waals surface area contributed by atoms with Gasteiger partial charge < -0.3 is 19.8 Å². The molecule has 1 heterocycles. The van der Waals surface area contributed by atoms with Gasteiger partial charge in [0.25, 0.3) is 10.7 Å². The van der Waals surface area contributed by atoms with E-state index in [0.717, 1.165) is 5.52 Å². The molecule has 1 aromatic carbocycles. The van der Waals surface area contributed by atoms with Gasteiger partial charge in [0, 0.05) is 12.1 Å². The zero-order valence-corrected chi connectivity index (χ0v) is 12.5. The highest BCUT2D eigenvalue weighted by Gasteiger charge is 2.22. The molecule has 20 heavy (non-hydrogen) atoms. The number of aromatic amines is 1. The number of rotatable bonds is 3. The van der Waals surface area contributed by atoms with Crippen LogP contribution in [-0.2, 0) is 0 Å². The molecule has 1 atom stereocenters. The van der Waals surface area contributed by atoms with E-state index in [1.165, 1.54) is 0 Å². The van der Waals surface area contributed by atoms with E-state index in [0.29, 0.717) is 11.1 Å². The molecular weight excluding hydrogens is 276 g/mol. The summed E-state index contributed by atoms with van der Waals surface area (Å²) in [6.07, 6.45) is -0.605. The van der Waals surface area contributed by atoms with Crippen LogP contribution >= 0.6 is 12.2 Å². The van der Waals surface area contributed by atoms with Crippen LogP contribution in [-0.4, -0.2) is 28.6 Å². The van der Waals surface area contributed by atoms with Crippen molar-refractivity contribution in [2.24, 2.45) is 5.41 Å². The summed E-state index contributed by atoms with van der Waals surface area (Å²) in [4.78, 5) is 15.2. The summed E-state index contributed by atoms with van der Waals surface area (Å²) in [5.41, 5.74) is 1.49. The number of benzene rings is 1. The van der Waals surface area contributed by atoms with Crippen molar-refractivity contribution in [2.75, 3.05) is 6.54 Å². The third kappa shape index (κ3) is 3.26. The third-order valence-corrected chi connectivity index (χ3v) is 3.32. The number of H-pyrrole nitrogens is 1. The zero-order valence-electron chi connectivity index (χ0n) is 11.7. The van der Waals surface area contributed by atoms with Gasteiger partial charge in [-0.2, -0.15) is 0 Å². The topological polar surface area (TPSA) is 78.3 Å². The molecule has 0 saturated carbocycles. The van der Waals surface area contributed by atoms with Crippen LogP contribution in [0, 0.1) is 10.3 Å². The summed E-state index contributed by atoms with van der Waals surface area (Å²) < 4.78 is 5.27. The van der Waals surface area contributed by atoms with Crippen molar-refractivity contribution in [1.29, 1.82) is 0 Å². The Hall–Kier alpha value is -1.66. The van der Waals surface area contributed by atoms with E-state index in [1.807, 2.05) is 20.8 Å². The molecule has 0 fully saturated rings. The number of carbonyl (C=O) groups is 1. The van der Waals surface area contributed by atoms with Gasteiger partial charge in [-0.1, -0.05) is 20.8 Å². The van der Waals surface area contributed by atoms with Crippen LogP contribution in [0.1, 0.15) is 31.1 Å². The molecule has 108 valence electrons. The van der Waals surface area contributed by atoms with Crippen LogP contribution in [0.4, 0.5) is 0 Å². The fourth-order valence-corrected chi connectivity index (χ4v) is 1.88. The highest BCUT2D eigenvalue weighted by Crippen LogP contribution is 2.19. The summed E-state index contributed by atoms with van der Waals surface area (Å²) in [7, 11) is 0. The number of aliphatic hydroxyl groups is 1. The minimum absolute atomic E-state index is 0.205. The summed E-state index contributed by atoms with van der Waals surface area (Å²) >= 11 is 4.89. The van der Waals surface area contributed by atoms with Crippen LogP contribution in [0.15, 0.2) is 22.6 Å². The Morgan fingerprint density at radius 2 is 2.20 bits per heavy atom. The lowest BCUT2D eigenvalue weighted by Gasteiger charge is -2.25. The summed E-state index contributed by atoms with van der Waals surface area (Å²) in [5, 5.41) is 12.6. The van der Waals surface area contributed by atoms with Crippen LogP contribution in [0.2, 0.25) is 0 Å². The highest BCUT2D eigenvalue weighted by atomic mass is 32.1. The Bertz CT molecular complexity index is 682. The van der Waals surface area contributed by atoms with Crippen LogP contribution in [0.3, 0.4) is 0 Å². The summed E-state index contributed by atoms with van der Waals surface area (Å²) in [6.45, 7) is 5.95. The lowest BCUT2D eigenvalue weighted by Crippen LogP contribution is -2.39. The average Bonchev–Trinajstić information content (AvgIpc) is 2.73. The summed E-state index contributed by atoms with van der Waals surface area (Å²) in [6, 6.07) is 5.05. The van der Waals surface area contributed by atoms with Gasteiger partial charge in [-0.05, 0) is 35.8 Å². The van der Waals surface area contributed by atoms with Crippen LogP contribution < -0.4 is 5.32 Å². The predicted molar refractivity (Wildman–Crippen MR) is 79.2 cm³/mol. The van der Waals surface area contributed by atoms with Gasteiger partial charge in [-0.15, -0.1) is 0 Å². The van der Waals surface area contributed by atoms with Crippen molar-refractivity contribution < 1.29 is 14.3 Å². The van der Waals surface area contributed by atoms with Crippen LogP contribution in [0.5, 0.6) is 0 Å². The van der Waals surface area contributed by atoms with Gasteiger partial charge in [0.1, 0.15) is 0 Å². The molecule has 1 unspecified atom stereocenters. The van der Waals surface area contributed by atoms with Crippen LogP contribution in [0.25, 0.3) is 11.1 Å². The standard InChI is InChI=1S/C14H18N2O3S/c1-14(2,3)11(17)7-15-12(18)8-4-5-9-10(6-8)19-13(20)16-9/h4-6,11,17H,7H2,1-3H3,(H,15,18)(H,16,20). The molecule has 2 aromatic rings. The maximum absolute atomic E-state index is 12.0. The van der Waals surface area contributed by atoms with Crippen molar-refractivity contribution in [2.45, 2.75) is 26.9 Å². The lowest BCUT2D eigenvalue weighted by atomic mass is 9.89. The smallest absolute Gasteiger partial charge is 0.266 e. The van der Waals surface area contributed by atoms with Gasteiger partial charge in [0.15, 0.2) is 5.58 Å². The van der Waals surface area contributed by atoms with E-state index in [9.17, 15) is 9.90 Å². The molecule has 6 heteroatoms. The van der Waals surface area contributed by atoms with Crippen molar-refractivity contribution in [1.82, 2.24) is 10.3 Å². The second-order valence-corrected chi connectivity index (χ2v) is 6.19. The minimum Gasteiger partial charge on any atom is -0.429 e. The van der Waals surface area contributed by atoms with Crippen molar-refractivity contribution in [3.05, 3.63) is 28.6 Å². The largest absolute Gasteiger partial charge is 0.429 e. The number of aromatic nitrogens is 1. The number of hydrogen-bond donors (Lipinski definition) is 3. The van der Waals surface area contributed by atoms with Gasteiger partial charge in [-0.3, -0.25) is 4.79 Å². The van der Waals surface area contributed by atoms with E-state index >= 15 is 0 Å². The number of carbonyl (C=O) groups excluding carboxylic acids is 1. The van der Waals surface area contributed by atoms with Gasteiger partial charge in [0.05, 0.1) is 11.6 Å². The molecule has 2 rings (SSSR count). The second-order valence-electron chi connectivity index (χ2n) is 5.82. The number of hydrogen-bond acceptors (Lipinski definition) is 4. The minimum atomic E-state index is -0.605. The molecule has 0 aliphatic rings. The molecular formula is C14H18N2O3S. The molecule has 0 spiro atoms. The molecule has 5 nitrogen and oxygen atoms in total. The normalized spacial score (nSPS) is 13.4.